The third-order valence-corrected chi connectivity index (χ3v) is 4.55. The van der Waals surface area contributed by atoms with Gasteiger partial charge in [-0.15, -0.1) is 0 Å². The van der Waals surface area contributed by atoms with E-state index in [4.69, 9.17) is 0 Å². The highest BCUT2D eigenvalue weighted by Gasteiger charge is 2.06. The summed E-state index contributed by atoms with van der Waals surface area (Å²) in [5, 5.41) is 0.911. The summed E-state index contributed by atoms with van der Waals surface area (Å²) in [6.07, 6.45) is 6.82. The molecule has 0 N–H and O–H groups in total. The van der Waals surface area contributed by atoms with Crippen molar-refractivity contribution < 1.29 is 0 Å². The van der Waals surface area contributed by atoms with E-state index >= 15 is 0 Å². The van der Waals surface area contributed by atoms with Crippen LogP contribution >= 0.6 is 11.8 Å². The minimum absolute atomic E-state index is 0.911. The Hall–Kier alpha value is 0.350. The first kappa shape index (κ1) is 13.4. The van der Waals surface area contributed by atoms with Crippen molar-refractivity contribution in [2.24, 2.45) is 5.92 Å². The lowest BCUT2D eigenvalue weighted by atomic mass is 10.0. The van der Waals surface area contributed by atoms with Gasteiger partial charge in [0.2, 0.25) is 0 Å². The van der Waals surface area contributed by atoms with Gasteiger partial charge in [0.25, 0.3) is 0 Å². The summed E-state index contributed by atoms with van der Waals surface area (Å²) in [6.45, 7) is 9.24. The van der Waals surface area contributed by atoms with E-state index in [0.717, 1.165) is 11.2 Å². The van der Waals surface area contributed by atoms with Crippen LogP contribution in [0.5, 0.6) is 0 Å². The lowest BCUT2D eigenvalue weighted by molar-refractivity contribution is 0.481. The fourth-order valence-electron chi connectivity index (χ4n) is 1.62. The van der Waals surface area contributed by atoms with Crippen LogP contribution in [-0.2, 0) is 0 Å². The van der Waals surface area contributed by atoms with Crippen molar-refractivity contribution in [1.82, 2.24) is 0 Å². The molecule has 0 rings (SSSR count). The topological polar surface area (TPSA) is 0 Å². The number of hydrogen-bond donors (Lipinski definition) is 0. The van der Waals surface area contributed by atoms with Crippen molar-refractivity contribution in [3.05, 3.63) is 0 Å². The molecule has 0 amide bonds. The summed E-state index contributed by atoms with van der Waals surface area (Å²) < 4.78 is 0. The monoisotopic (exact) mass is 202 g/mol. The third-order valence-electron chi connectivity index (χ3n) is 2.95. The van der Waals surface area contributed by atoms with Crippen LogP contribution in [0.1, 0.15) is 59.8 Å². The predicted molar refractivity (Wildman–Crippen MR) is 65.5 cm³/mol. The molecule has 80 valence electrons. The number of hydrogen-bond acceptors (Lipinski definition) is 1. The van der Waals surface area contributed by atoms with Gasteiger partial charge >= 0.3 is 0 Å². The van der Waals surface area contributed by atoms with E-state index in [1.165, 1.54) is 37.9 Å². The molecule has 0 aliphatic carbocycles. The van der Waals surface area contributed by atoms with Gasteiger partial charge in [-0.2, -0.15) is 11.8 Å². The fourth-order valence-corrected chi connectivity index (χ4v) is 2.90. The largest absolute Gasteiger partial charge is 0.159 e. The zero-order valence-electron chi connectivity index (χ0n) is 9.81. The van der Waals surface area contributed by atoms with Gasteiger partial charge in [0.15, 0.2) is 0 Å². The minimum Gasteiger partial charge on any atom is -0.159 e. The zero-order valence-corrected chi connectivity index (χ0v) is 10.6. The Balaban J connectivity index is 3.41. The van der Waals surface area contributed by atoms with E-state index in [1.807, 2.05) is 0 Å². The molecule has 0 aliphatic heterocycles. The lowest BCUT2D eigenvalue weighted by Gasteiger charge is -2.15. The number of thioether (sulfide) groups is 1. The molecule has 0 aromatic heterocycles. The maximum Gasteiger partial charge on any atom is 0.00418 e. The van der Waals surface area contributed by atoms with E-state index in [2.05, 4.69) is 39.5 Å². The minimum atomic E-state index is 0.911. The van der Waals surface area contributed by atoms with Crippen LogP contribution in [0.15, 0.2) is 0 Å². The summed E-state index contributed by atoms with van der Waals surface area (Å²) in [6, 6.07) is 0. The van der Waals surface area contributed by atoms with Crippen molar-refractivity contribution >= 4 is 11.8 Å². The molecule has 0 saturated carbocycles. The van der Waals surface area contributed by atoms with Gasteiger partial charge in [-0.25, -0.2) is 0 Å². The van der Waals surface area contributed by atoms with Gasteiger partial charge in [0.1, 0.15) is 0 Å². The molecule has 0 unspecified atom stereocenters. The van der Waals surface area contributed by atoms with Crippen LogP contribution in [0.4, 0.5) is 0 Å². The summed E-state index contributed by atoms with van der Waals surface area (Å²) in [5.41, 5.74) is 0. The molecule has 0 fully saturated rings. The fraction of sp³-hybridized carbons (Fsp3) is 1.00. The van der Waals surface area contributed by atoms with Gasteiger partial charge in [-0.1, -0.05) is 40.5 Å². The van der Waals surface area contributed by atoms with E-state index < -0.39 is 0 Å². The second kappa shape index (κ2) is 8.93. The Morgan fingerprint density at radius 1 is 0.846 bits per heavy atom. The van der Waals surface area contributed by atoms with Gasteiger partial charge in [0, 0.05) is 5.25 Å². The van der Waals surface area contributed by atoms with Crippen LogP contribution in [0.3, 0.4) is 0 Å². The van der Waals surface area contributed by atoms with Crippen LogP contribution in [0.25, 0.3) is 0 Å². The molecule has 0 spiro atoms. The summed E-state index contributed by atoms with van der Waals surface area (Å²) in [5.74, 6) is 2.35. The highest BCUT2D eigenvalue weighted by molar-refractivity contribution is 7.99. The molecule has 0 saturated heterocycles. The SMILES string of the molecule is CCC(CC)CCSC(CC)CC. The van der Waals surface area contributed by atoms with Crippen LogP contribution in [-0.4, -0.2) is 11.0 Å². The first-order chi connectivity index (χ1) is 6.28. The van der Waals surface area contributed by atoms with E-state index in [9.17, 15) is 0 Å². The molecule has 0 atom stereocenters. The average molecular weight is 202 g/mol. The molecule has 1 heteroatoms. The van der Waals surface area contributed by atoms with Gasteiger partial charge in [-0.3, -0.25) is 0 Å². The molecule has 0 aliphatic rings. The van der Waals surface area contributed by atoms with Crippen molar-refractivity contribution in [3.8, 4) is 0 Å². The Morgan fingerprint density at radius 3 is 1.77 bits per heavy atom. The quantitative estimate of drug-likeness (QED) is 0.548. The maximum absolute atomic E-state index is 2.32. The van der Waals surface area contributed by atoms with Crippen molar-refractivity contribution in [3.63, 3.8) is 0 Å². The van der Waals surface area contributed by atoms with Gasteiger partial charge < -0.3 is 0 Å². The van der Waals surface area contributed by atoms with Crippen molar-refractivity contribution in [1.29, 1.82) is 0 Å². The molecular weight excluding hydrogens is 176 g/mol. The highest BCUT2D eigenvalue weighted by Crippen LogP contribution is 2.22. The zero-order chi connectivity index (χ0) is 10.1. The second-order valence-electron chi connectivity index (χ2n) is 3.78. The molecule has 0 heterocycles. The Morgan fingerprint density at radius 2 is 1.38 bits per heavy atom. The molecular formula is C12H26S. The Bertz CT molecular complexity index is 81.3. The molecule has 13 heavy (non-hydrogen) atoms. The normalized spacial score (nSPS) is 11.5. The van der Waals surface area contributed by atoms with Crippen LogP contribution < -0.4 is 0 Å². The summed E-state index contributed by atoms with van der Waals surface area (Å²) in [4.78, 5) is 0. The standard InChI is InChI=1S/C12H26S/c1-5-11(6-2)9-10-13-12(7-3)8-4/h11-12H,5-10H2,1-4H3. The summed E-state index contributed by atoms with van der Waals surface area (Å²) >= 11 is 2.18. The third kappa shape index (κ3) is 6.42. The molecule has 0 aromatic carbocycles. The molecule has 0 bridgehead atoms. The molecule has 0 nitrogen and oxygen atoms in total. The van der Waals surface area contributed by atoms with Crippen LogP contribution in [0.2, 0.25) is 0 Å². The first-order valence-electron chi connectivity index (χ1n) is 5.89. The lowest BCUT2D eigenvalue weighted by Crippen LogP contribution is -2.03. The molecule has 0 aromatic rings. The maximum atomic E-state index is 2.32. The smallest absolute Gasteiger partial charge is 0.00418 e. The van der Waals surface area contributed by atoms with Crippen molar-refractivity contribution in [2.45, 2.75) is 65.0 Å². The van der Waals surface area contributed by atoms with E-state index in [1.54, 1.807) is 0 Å². The second-order valence-corrected chi connectivity index (χ2v) is 5.19. The average Bonchev–Trinajstić information content (AvgIpc) is 2.19. The van der Waals surface area contributed by atoms with Crippen LogP contribution in [0, 0.1) is 5.92 Å². The highest BCUT2D eigenvalue weighted by atomic mass is 32.2. The van der Waals surface area contributed by atoms with Gasteiger partial charge in [0.05, 0.1) is 0 Å². The first-order valence-corrected chi connectivity index (χ1v) is 6.94. The van der Waals surface area contributed by atoms with E-state index in [0.29, 0.717) is 0 Å². The Kier molecular flexibility index (Phi) is 9.17. The van der Waals surface area contributed by atoms with E-state index in [-0.39, 0.29) is 0 Å². The van der Waals surface area contributed by atoms with Crippen molar-refractivity contribution in [2.75, 3.05) is 5.75 Å². The van der Waals surface area contributed by atoms with Gasteiger partial charge in [-0.05, 0) is 30.9 Å². The molecule has 0 radical (unpaired) electrons. The number of rotatable bonds is 8. The summed E-state index contributed by atoms with van der Waals surface area (Å²) in [7, 11) is 0. The Labute approximate surface area is 88.9 Å². The predicted octanol–water partition coefficient (Wildman–Crippen LogP) is 4.73.